The van der Waals surface area contributed by atoms with Gasteiger partial charge in [0.1, 0.15) is 5.75 Å². The Balaban J connectivity index is 2.64. The van der Waals surface area contributed by atoms with E-state index in [2.05, 4.69) is 0 Å². The predicted molar refractivity (Wildman–Crippen MR) is 72.9 cm³/mol. The fourth-order valence-electron chi connectivity index (χ4n) is 1.59. The number of methoxy groups -OCH3 is 1. The standard InChI is InChI=1S/C15H17NO2/c1-11(17)16-9-8-13-5-3-4-12-6-7-14(18-2)10-15(12)13/h3-7,10H,8-9H2,1-2H3,(H,16,17)/i2D3,8D2,9D2/hD. The molecule has 0 radical (unpaired) electrons. The average Bonchev–Trinajstić information content (AvgIpc) is 2.51. The molecule has 2 rings (SSSR count). The van der Waals surface area contributed by atoms with Crippen LogP contribution in [0.1, 0.15) is 22.1 Å². The van der Waals surface area contributed by atoms with Gasteiger partial charge in [0.05, 0.1) is 11.2 Å². The van der Waals surface area contributed by atoms with Crippen molar-refractivity contribution in [2.75, 3.05) is 13.5 Å². The summed E-state index contributed by atoms with van der Waals surface area (Å²) >= 11 is 0. The van der Waals surface area contributed by atoms with E-state index >= 15 is 0 Å². The van der Waals surface area contributed by atoms with Gasteiger partial charge in [0.15, 0.2) is 1.41 Å². The van der Waals surface area contributed by atoms with E-state index in [0.29, 0.717) is 5.39 Å². The van der Waals surface area contributed by atoms with Gasteiger partial charge >= 0.3 is 0 Å². The number of hydrogen-bond acceptors (Lipinski definition) is 2. The van der Waals surface area contributed by atoms with Gasteiger partial charge in [-0.25, -0.2) is 0 Å². The molecule has 2 aromatic rings. The third-order valence-corrected chi connectivity index (χ3v) is 2.38. The molecule has 0 atom stereocenters. The summed E-state index contributed by atoms with van der Waals surface area (Å²) in [7, 11) is -2.69. The highest BCUT2D eigenvalue weighted by atomic mass is 16.5. The Kier molecular flexibility index (Phi) is 1.77. The van der Waals surface area contributed by atoms with Crippen LogP contribution in [0.15, 0.2) is 36.4 Å². The Morgan fingerprint density at radius 3 is 3.17 bits per heavy atom. The summed E-state index contributed by atoms with van der Waals surface area (Å²) in [6, 6.07) is 8.72. The van der Waals surface area contributed by atoms with Crippen LogP contribution in [0.3, 0.4) is 0 Å². The normalized spacial score (nSPS) is 19.2. The molecule has 0 bridgehead atoms. The van der Waals surface area contributed by atoms with Crippen molar-refractivity contribution >= 4 is 16.7 Å². The van der Waals surface area contributed by atoms with Crippen molar-refractivity contribution in [1.82, 2.24) is 5.31 Å². The molecule has 0 heterocycles. The molecule has 0 aromatic heterocycles. The smallest absolute Gasteiger partial charge is 0.216 e. The maximum absolute atomic E-state index is 11.4. The van der Waals surface area contributed by atoms with E-state index in [9.17, 15) is 4.79 Å². The lowest BCUT2D eigenvalue weighted by molar-refractivity contribution is -0.118. The highest BCUT2D eigenvalue weighted by molar-refractivity contribution is 5.87. The number of benzene rings is 2. The lowest BCUT2D eigenvalue weighted by Gasteiger charge is -2.08. The molecule has 2 aromatic carbocycles. The number of fused-ring (bicyclic) bond motifs is 1. The molecule has 0 fully saturated rings. The molecule has 0 aliphatic carbocycles. The minimum Gasteiger partial charge on any atom is -0.497 e. The maximum Gasteiger partial charge on any atom is 0.216 e. The number of amides is 1. The molecule has 0 aliphatic heterocycles. The van der Waals surface area contributed by atoms with Gasteiger partial charge in [-0.1, -0.05) is 24.3 Å². The monoisotopic (exact) mass is 251 g/mol. The largest absolute Gasteiger partial charge is 0.497 e. The fourth-order valence-corrected chi connectivity index (χ4v) is 1.59. The Hall–Kier alpha value is -2.03. The Bertz CT molecular complexity index is 834. The Morgan fingerprint density at radius 1 is 1.50 bits per heavy atom. The van der Waals surface area contributed by atoms with Gasteiger partial charge in [-0.3, -0.25) is 4.79 Å². The van der Waals surface area contributed by atoms with E-state index in [0.717, 1.165) is 6.92 Å². The zero-order valence-corrected chi connectivity index (χ0v) is 9.73. The van der Waals surface area contributed by atoms with Crippen molar-refractivity contribution in [2.24, 2.45) is 0 Å². The SMILES string of the molecule is [2H]N(C(C)=O)C([2H])([2H])C([2H])([2H])c1cccc2ccc(OC([2H])([2H])[2H])cc12. The fraction of sp³-hybridized carbons (Fsp3) is 0.267. The number of ether oxygens (including phenoxy) is 1. The van der Waals surface area contributed by atoms with Crippen LogP contribution in [0.2, 0.25) is 1.41 Å². The van der Waals surface area contributed by atoms with Crippen molar-refractivity contribution in [1.29, 1.82) is 0 Å². The third kappa shape index (κ3) is 2.80. The molecule has 0 saturated heterocycles. The molecule has 18 heavy (non-hydrogen) atoms. The average molecular weight is 251 g/mol. The van der Waals surface area contributed by atoms with Gasteiger partial charge in [-0.2, -0.15) is 0 Å². The summed E-state index contributed by atoms with van der Waals surface area (Å²) in [6.07, 6.45) is -2.75. The first-order valence-corrected chi connectivity index (χ1v) is 5.29. The molecule has 0 saturated carbocycles. The number of hydrogen-bond donors (Lipinski definition) is 1. The van der Waals surface area contributed by atoms with E-state index in [1.807, 2.05) is 0 Å². The number of nitrogens with one attached hydrogen (secondary N) is 1. The molecular formula is C15H17NO2. The van der Waals surface area contributed by atoms with Crippen LogP contribution in [0.5, 0.6) is 5.75 Å². The first-order chi connectivity index (χ1) is 11.8. The zero-order valence-electron chi connectivity index (χ0n) is 17.7. The van der Waals surface area contributed by atoms with Crippen molar-refractivity contribution in [3.8, 4) is 5.75 Å². The van der Waals surface area contributed by atoms with Crippen molar-refractivity contribution in [3.05, 3.63) is 42.0 Å². The topological polar surface area (TPSA) is 38.3 Å². The molecule has 94 valence electrons. The van der Waals surface area contributed by atoms with Crippen LogP contribution < -0.4 is 10.0 Å². The lowest BCUT2D eigenvalue weighted by Crippen LogP contribution is -2.22. The minimum absolute atomic E-state index is 0.0318. The summed E-state index contributed by atoms with van der Waals surface area (Å²) < 4.78 is 66.3. The molecular weight excluding hydrogens is 226 g/mol. The summed E-state index contributed by atoms with van der Waals surface area (Å²) in [6.45, 7) is -2.00. The van der Waals surface area contributed by atoms with Gasteiger partial charge < -0.3 is 10.0 Å². The van der Waals surface area contributed by atoms with Crippen LogP contribution in [0.4, 0.5) is 0 Å². The van der Waals surface area contributed by atoms with Crippen LogP contribution >= 0.6 is 0 Å². The van der Waals surface area contributed by atoms with Gasteiger partial charge in [0.25, 0.3) is 0 Å². The molecule has 3 nitrogen and oxygen atoms in total. The summed E-state index contributed by atoms with van der Waals surface area (Å²) in [4.78, 5) is 11.4. The minimum atomic E-state index is -2.96. The second kappa shape index (κ2) is 5.54. The molecule has 0 unspecified atom stereocenters. The van der Waals surface area contributed by atoms with Crippen molar-refractivity contribution < 1.29 is 20.5 Å². The lowest BCUT2D eigenvalue weighted by atomic mass is 10.0. The van der Waals surface area contributed by atoms with Crippen LogP contribution in [-0.4, -0.2) is 19.4 Å². The first kappa shape index (κ1) is 5.74. The van der Waals surface area contributed by atoms with E-state index in [-0.39, 0.29) is 22.0 Å². The van der Waals surface area contributed by atoms with E-state index < -0.39 is 25.8 Å². The molecule has 3 heteroatoms. The van der Waals surface area contributed by atoms with Gasteiger partial charge in [0.2, 0.25) is 5.91 Å². The van der Waals surface area contributed by atoms with Crippen LogP contribution in [-0.2, 0) is 11.2 Å². The first-order valence-electron chi connectivity index (χ1n) is 9.24. The molecule has 0 aliphatic rings. The number of rotatable bonds is 4. The second-order valence-corrected chi connectivity index (χ2v) is 3.66. The van der Waals surface area contributed by atoms with E-state index in [1.165, 1.54) is 30.3 Å². The second-order valence-electron chi connectivity index (χ2n) is 3.66. The van der Waals surface area contributed by atoms with Crippen molar-refractivity contribution in [3.63, 3.8) is 0 Å². The molecule has 0 spiro atoms. The van der Waals surface area contributed by atoms with Crippen LogP contribution in [0.25, 0.3) is 10.8 Å². The maximum atomic E-state index is 11.4. The van der Waals surface area contributed by atoms with Gasteiger partial charge in [0, 0.05) is 18.9 Å². The number of carbonyl (C=O) groups excluding carboxylic acids is 1. The summed E-state index contributed by atoms with van der Waals surface area (Å²) in [5.41, 5.74) is -0.130. The Morgan fingerprint density at radius 2 is 2.39 bits per heavy atom. The quantitative estimate of drug-likeness (QED) is 0.906. The zero-order chi connectivity index (χ0) is 19.9. The summed E-state index contributed by atoms with van der Waals surface area (Å²) in [5.74, 6) is -0.985. The summed E-state index contributed by atoms with van der Waals surface area (Å²) in [5, 5.41) is 0.703. The number of aryl methyl sites for hydroxylation is 1. The van der Waals surface area contributed by atoms with Crippen LogP contribution in [0, 0.1) is 0 Å². The third-order valence-electron chi connectivity index (χ3n) is 2.38. The Labute approximate surface area is 118 Å². The number of carbonyl (C=O) groups is 1. The molecule has 1 N–H and O–H groups in total. The van der Waals surface area contributed by atoms with E-state index in [1.54, 1.807) is 6.07 Å². The molecule has 1 amide bonds. The van der Waals surface area contributed by atoms with E-state index in [4.69, 9.17) is 15.7 Å². The van der Waals surface area contributed by atoms with Crippen molar-refractivity contribution in [2.45, 2.75) is 13.3 Å². The van der Waals surface area contributed by atoms with Gasteiger partial charge in [-0.15, -0.1) is 0 Å². The predicted octanol–water partition coefficient (Wildman–Crippen LogP) is 2.53. The van der Waals surface area contributed by atoms with Gasteiger partial charge in [-0.05, 0) is 34.8 Å². The highest BCUT2D eigenvalue weighted by Crippen LogP contribution is 2.24. The highest BCUT2D eigenvalue weighted by Gasteiger charge is 2.03.